The fourth-order valence-corrected chi connectivity index (χ4v) is 2.30. The lowest BCUT2D eigenvalue weighted by atomic mass is 10.1. The number of carbonyl (C=O) groups excluding carboxylic acids is 1. The van der Waals surface area contributed by atoms with Crippen LogP contribution in [-0.2, 0) is 11.9 Å². The third kappa shape index (κ3) is 3.61. The summed E-state index contributed by atoms with van der Waals surface area (Å²) in [6.07, 6.45) is 0. The minimum Gasteiger partial charge on any atom is -0.508 e. The van der Waals surface area contributed by atoms with Crippen LogP contribution in [0, 0.1) is 6.92 Å². The Kier molecular flexibility index (Phi) is 4.79. The van der Waals surface area contributed by atoms with Gasteiger partial charge >= 0.3 is 0 Å². The summed E-state index contributed by atoms with van der Waals surface area (Å²) in [6, 6.07) is 12.8. The van der Waals surface area contributed by atoms with Gasteiger partial charge in [-0.15, -0.1) is 0 Å². The smallest absolute Gasteiger partial charge is 0.251 e. The predicted octanol–water partition coefficient (Wildman–Crippen LogP) is 3.53. The molecule has 0 aliphatic heterocycles. The van der Waals surface area contributed by atoms with Gasteiger partial charge in [0.05, 0.1) is 0 Å². The van der Waals surface area contributed by atoms with Gasteiger partial charge in [0.1, 0.15) is 5.75 Å². The Morgan fingerprint density at radius 1 is 1.15 bits per heavy atom. The molecule has 104 valence electrons. The summed E-state index contributed by atoms with van der Waals surface area (Å²) in [5, 5.41) is 13.0. The number of alkyl halides is 1. The molecule has 0 saturated heterocycles. The zero-order valence-electron chi connectivity index (χ0n) is 11.2. The van der Waals surface area contributed by atoms with Crippen LogP contribution in [0.4, 0.5) is 0 Å². The van der Waals surface area contributed by atoms with E-state index in [1.54, 1.807) is 19.1 Å². The van der Waals surface area contributed by atoms with Crippen molar-refractivity contribution in [1.29, 1.82) is 0 Å². The van der Waals surface area contributed by atoms with E-state index in [-0.39, 0.29) is 11.7 Å². The summed E-state index contributed by atoms with van der Waals surface area (Å²) in [5.74, 6) is 0.0384. The van der Waals surface area contributed by atoms with Crippen LogP contribution < -0.4 is 5.32 Å². The van der Waals surface area contributed by atoms with Crippen molar-refractivity contribution in [2.75, 3.05) is 0 Å². The molecule has 0 unspecified atom stereocenters. The zero-order valence-corrected chi connectivity index (χ0v) is 12.8. The van der Waals surface area contributed by atoms with Gasteiger partial charge in [-0.25, -0.2) is 0 Å². The molecule has 0 fully saturated rings. The first-order valence-electron chi connectivity index (χ1n) is 6.32. The predicted molar refractivity (Wildman–Crippen MR) is 83.1 cm³/mol. The van der Waals surface area contributed by atoms with Gasteiger partial charge in [0.15, 0.2) is 0 Å². The lowest BCUT2D eigenvalue weighted by molar-refractivity contribution is 0.0950. The maximum absolute atomic E-state index is 12.1. The van der Waals surface area contributed by atoms with Gasteiger partial charge in [-0.2, -0.15) is 0 Å². The SMILES string of the molecule is Cc1cc(O)ccc1C(=O)NCc1ccc(CBr)cc1. The lowest BCUT2D eigenvalue weighted by Crippen LogP contribution is -2.23. The molecule has 0 bridgehead atoms. The van der Waals surface area contributed by atoms with E-state index in [1.165, 1.54) is 11.6 Å². The van der Waals surface area contributed by atoms with Gasteiger partial charge in [-0.3, -0.25) is 4.79 Å². The molecule has 0 atom stereocenters. The summed E-state index contributed by atoms with van der Waals surface area (Å²) >= 11 is 3.40. The van der Waals surface area contributed by atoms with Crippen LogP contribution in [0.25, 0.3) is 0 Å². The molecule has 2 N–H and O–H groups in total. The van der Waals surface area contributed by atoms with Gasteiger partial charge in [0.2, 0.25) is 0 Å². The van der Waals surface area contributed by atoms with Crippen LogP contribution in [0.1, 0.15) is 27.0 Å². The van der Waals surface area contributed by atoms with E-state index in [0.717, 1.165) is 16.5 Å². The van der Waals surface area contributed by atoms with Crippen molar-refractivity contribution in [2.45, 2.75) is 18.8 Å². The summed E-state index contributed by atoms with van der Waals surface area (Å²) in [7, 11) is 0. The van der Waals surface area contributed by atoms with Crippen LogP contribution in [0.5, 0.6) is 5.75 Å². The van der Waals surface area contributed by atoms with E-state index in [1.807, 2.05) is 24.3 Å². The molecule has 0 aliphatic rings. The largest absolute Gasteiger partial charge is 0.508 e. The van der Waals surface area contributed by atoms with E-state index in [2.05, 4.69) is 21.2 Å². The summed E-state index contributed by atoms with van der Waals surface area (Å²) in [5.41, 5.74) is 3.60. The maximum Gasteiger partial charge on any atom is 0.251 e. The van der Waals surface area contributed by atoms with E-state index in [0.29, 0.717) is 12.1 Å². The monoisotopic (exact) mass is 333 g/mol. The number of carbonyl (C=O) groups is 1. The Morgan fingerprint density at radius 2 is 1.80 bits per heavy atom. The number of benzene rings is 2. The van der Waals surface area contributed by atoms with Crippen molar-refractivity contribution in [3.63, 3.8) is 0 Å². The molecule has 4 heteroatoms. The Bertz CT molecular complexity index is 608. The zero-order chi connectivity index (χ0) is 14.5. The average molecular weight is 334 g/mol. The molecule has 1 amide bonds. The highest BCUT2D eigenvalue weighted by molar-refractivity contribution is 9.08. The molecule has 20 heavy (non-hydrogen) atoms. The van der Waals surface area contributed by atoms with Crippen LogP contribution >= 0.6 is 15.9 Å². The summed E-state index contributed by atoms with van der Waals surface area (Å²) < 4.78 is 0. The van der Waals surface area contributed by atoms with Crippen molar-refractivity contribution in [3.05, 3.63) is 64.7 Å². The first-order valence-corrected chi connectivity index (χ1v) is 7.44. The van der Waals surface area contributed by atoms with Crippen LogP contribution in [0.2, 0.25) is 0 Å². The second kappa shape index (κ2) is 6.57. The Hall–Kier alpha value is -1.81. The number of aryl methyl sites for hydroxylation is 1. The van der Waals surface area contributed by atoms with E-state index in [4.69, 9.17) is 0 Å². The highest BCUT2D eigenvalue weighted by Crippen LogP contribution is 2.15. The summed E-state index contributed by atoms with van der Waals surface area (Å²) in [6.45, 7) is 2.29. The molecule has 0 aliphatic carbocycles. The number of amides is 1. The second-order valence-electron chi connectivity index (χ2n) is 4.63. The molecule has 0 saturated carbocycles. The molecule has 2 aromatic carbocycles. The van der Waals surface area contributed by atoms with Gasteiger partial charge in [0.25, 0.3) is 5.91 Å². The van der Waals surface area contributed by atoms with Gasteiger partial charge in [-0.1, -0.05) is 40.2 Å². The van der Waals surface area contributed by atoms with Gasteiger partial charge in [0, 0.05) is 17.4 Å². The number of rotatable bonds is 4. The molecule has 2 aromatic rings. The van der Waals surface area contributed by atoms with Crippen molar-refractivity contribution >= 4 is 21.8 Å². The van der Waals surface area contributed by atoms with Crippen molar-refractivity contribution in [1.82, 2.24) is 5.32 Å². The maximum atomic E-state index is 12.1. The Morgan fingerprint density at radius 3 is 2.40 bits per heavy atom. The number of halogens is 1. The van der Waals surface area contributed by atoms with Crippen LogP contribution in [-0.4, -0.2) is 11.0 Å². The molecule has 0 heterocycles. The minimum absolute atomic E-state index is 0.132. The number of aromatic hydroxyl groups is 1. The highest BCUT2D eigenvalue weighted by atomic mass is 79.9. The molecule has 0 radical (unpaired) electrons. The fourth-order valence-electron chi connectivity index (χ4n) is 1.93. The normalized spacial score (nSPS) is 10.3. The molecule has 3 nitrogen and oxygen atoms in total. The lowest BCUT2D eigenvalue weighted by Gasteiger charge is -2.08. The highest BCUT2D eigenvalue weighted by Gasteiger charge is 2.08. The van der Waals surface area contributed by atoms with E-state index >= 15 is 0 Å². The first kappa shape index (κ1) is 14.6. The molecular weight excluding hydrogens is 318 g/mol. The average Bonchev–Trinajstić information content (AvgIpc) is 2.45. The standard InChI is InChI=1S/C16H16BrNO2/c1-11-8-14(19)6-7-15(11)16(20)18-10-13-4-2-12(9-17)3-5-13/h2-8,19H,9-10H2,1H3,(H,18,20). The van der Waals surface area contributed by atoms with Crippen molar-refractivity contribution in [2.24, 2.45) is 0 Å². The molecular formula is C16H16BrNO2. The van der Waals surface area contributed by atoms with Gasteiger partial charge < -0.3 is 10.4 Å². The Balaban J connectivity index is 2.00. The number of phenols is 1. The van der Waals surface area contributed by atoms with Crippen molar-refractivity contribution < 1.29 is 9.90 Å². The van der Waals surface area contributed by atoms with Gasteiger partial charge in [-0.05, 0) is 41.8 Å². The number of hydrogen-bond acceptors (Lipinski definition) is 2. The fraction of sp³-hybridized carbons (Fsp3) is 0.188. The number of phenolic OH excluding ortho intramolecular Hbond substituents is 1. The van der Waals surface area contributed by atoms with Crippen LogP contribution in [0.15, 0.2) is 42.5 Å². The number of hydrogen-bond donors (Lipinski definition) is 2. The molecule has 2 rings (SSSR count). The van der Waals surface area contributed by atoms with Crippen molar-refractivity contribution in [3.8, 4) is 5.75 Å². The minimum atomic E-state index is -0.132. The van der Waals surface area contributed by atoms with E-state index < -0.39 is 0 Å². The molecule has 0 aromatic heterocycles. The topological polar surface area (TPSA) is 49.3 Å². The second-order valence-corrected chi connectivity index (χ2v) is 5.19. The Labute approximate surface area is 126 Å². The molecule has 0 spiro atoms. The number of nitrogens with one attached hydrogen (secondary N) is 1. The third-order valence-corrected chi connectivity index (χ3v) is 3.73. The van der Waals surface area contributed by atoms with Crippen LogP contribution in [0.3, 0.4) is 0 Å². The van der Waals surface area contributed by atoms with E-state index in [9.17, 15) is 9.90 Å². The summed E-state index contributed by atoms with van der Waals surface area (Å²) in [4.78, 5) is 12.1. The first-order chi connectivity index (χ1) is 9.60. The third-order valence-electron chi connectivity index (χ3n) is 3.08. The quantitative estimate of drug-likeness (QED) is 0.841.